The minimum atomic E-state index is -3.38. The quantitative estimate of drug-likeness (QED) is 0.902. The maximum atomic E-state index is 11.7. The van der Waals surface area contributed by atoms with E-state index in [9.17, 15) is 13.5 Å². The third-order valence-electron chi connectivity index (χ3n) is 3.16. The van der Waals surface area contributed by atoms with E-state index < -0.39 is 20.7 Å². The van der Waals surface area contributed by atoms with Crippen molar-refractivity contribution in [2.75, 3.05) is 6.26 Å². The SMILES string of the molecule is CC(C)Oc1cccc(C(O)C(C)(C)S(C)(=O)=O)c1. The molecule has 0 aliphatic rings. The number of hydrogen-bond donors (Lipinski definition) is 1. The molecule has 1 aromatic rings. The zero-order valence-electron chi connectivity index (χ0n) is 12.0. The summed E-state index contributed by atoms with van der Waals surface area (Å²) in [5.74, 6) is 0.621. The first kappa shape index (κ1) is 16.0. The average molecular weight is 286 g/mol. The van der Waals surface area contributed by atoms with Gasteiger partial charge in [-0.1, -0.05) is 12.1 Å². The first-order valence-electron chi connectivity index (χ1n) is 6.20. The second kappa shape index (κ2) is 5.51. The summed E-state index contributed by atoms with van der Waals surface area (Å²) in [6.07, 6.45) is 0.0542. The maximum absolute atomic E-state index is 11.7. The van der Waals surface area contributed by atoms with E-state index in [2.05, 4.69) is 0 Å². The monoisotopic (exact) mass is 286 g/mol. The van der Waals surface area contributed by atoms with Crippen LogP contribution in [0.3, 0.4) is 0 Å². The van der Waals surface area contributed by atoms with Gasteiger partial charge in [-0.05, 0) is 45.4 Å². The Morgan fingerprint density at radius 2 is 1.84 bits per heavy atom. The Hall–Kier alpha value is -1.07. The molecule has 0 amide bonds. The summed E-state index contributed by atoms with van der Waals surface area (Å²) in [6, 6.07) is 6.90. The van der Waals surface area contributed by atoms with Crippen molar-refractivity contribution in [1.82, 2.24) is 0 Å². The predicted octanol–water partition coefficient (Wildman–Crippen LogP) is 2.33. The second-order valence-corrected chi connectivity index (χ2v) is 8.11. The second-order valence-electron chi connectivity index (χ2n) is 5.52. The standard InChI is InChI=1S/C14H22O4S/c1-10(2)18-12-8-6-7-11(9-12)13(15)14(3,4)19(5,16)17/h6-10,13,15H,1-5H3. The Morgan fingerprint density at radius 1 is 1.26 bits per heavy atom. The molecular weight excluding hydrogens is 264 g/mol. The lowest BCUT2D eigenvalue weighted by Crippen LogP contribution is -2.37. The van der Waals surface area contributed by atoms with Crippen LogP contribution in [0.4, 0.5) is 0 Å². The summed E-state index contributed by atoms with van der Waals surface area (Å²) in [5, 5.41) is 10.3. The highest BCUT2D eigenvalue weighted by Gasteiger charge is 2.39. The molecule has 5 heteroatoms. The summed E-state index contributed by atoms with van der Waals surface area (Å²) in [4.78, 5) is 0. The van der Waals surface area contributed by atoms with E-state index in [4.69, 9.17) is 4.74 Å². The van der Waals surface area contributed by atoms with Crippen molar-refractivity contribution in [3.63, 3.8) is 0 Å². The fourth-order valence-electron chi connectivity index (χ4n) is 1.63. The number of hydrogen-bond acceptors (Lipinski definition) is 4. The van der Waals surface area contributed by atoms with Crippen LogP contribution in [0.1, 0.15) is 39.4 Å². The number of aliphatic hydroxyl groups excluding tert-OH is 1. The number of aliphatic hydroxyl groups is 1. The van der Waals surface area contributed by atoms with Crippen LogP contribution < -0.4 is 4.74 Å². The Kier molecular flexibility index (Phi) is 4.63. The van der Waals surface area contributed by atoms with E-state index >= 15 is 0 Å². The molecular formula is C14H22O4S. The molecule has 0 saturated heterocycles. The van der Waals surface area contributed by atoms with Crippen LogP contribution in [0, 0.1) is 0 Å². The fraction of sp³-hybridized carbons (Fsp3) is 0.571. The van der Waals surface area contributed by atoms with Crippen LogP contribution in [0.25, 0.3) is 0 Å². The van der Waals surface area contributed by atoms with Gasteiger partial charge in [0, 0.05) is 6.26 Å². The zero-order chi connectivity index (χ0) is 14.8. The molecule has 0 aliphatic carbocycles. The van der Waals surface area contributed by atoms with Crippen LogP contribution in [-0.2, 0) is 9.84 Å². The van der Waals surface area contributed by atoms with Crippen molar-refractivity contribution in [3.8, 4) is 5.75 Å². The minimum absolute atomic E-state index is 0.0234. The Morgan fingerprint density at radius 3 is 2.32 bits per heavy atom. The van der Waals surface area contributed by atoms with Crippen molar-refractivity contribution in [1.29, 1.82) is 0 Å². The highest BCUT2D eigenvalue weighted by Crippen LogP contribution is 2.33. The van der Waals surface area contributed by atoms with Gasteiger partial charge < -0.3 is 9.84 Å². The van der Waals surface area contributed by atoms with Crippen molar-refractivity contribution < 1.29 is 18.3 Å². The lowest BCUT2D eigenvalue weighted by molar-refractivity contribution is 0.138. The largest absolute Gasteiger partial charge is 0.491 e. The molecule has 0 radical (unpaired) electrons. The van der Waals surface area contributed by atoms with E-state index in [0.717, 1.165) is 6.26 Å². The molecule has 0 heterocycles. The van der Waals surface area contributed by atoms with E-state index in [-0.39, 0.29) is 6.10 Å². The molecule has 1 rings (SSSR count). The third kappa shape index (κ3) is 3.70. The van der Waals surface area contributed by atoms with E-state index in [1.807, 2.05) is 13.8 Å². The number of ether oxygens (including phenoxy) is 1. The number of sulfone groups is 1. The summed E-state index contributed by atoms with van der Waals surface area (Å²) in [7, 11) is -3.38. The van der Waals surface area contributed by atoms with Gasteiger partial charge in [-0.3, -0.25) is 0 Å². The van der Waals surface area contributed by atoms with Crippen molar-refractivity contribution >= 4 is 9.84 Å². The maximum Gasteiger partial charge on any atom is 0.155 e. The van der Waals surface area contributed by atoms with Crippen LogP contribution >= 0.6 is 0 Å². The fourth-order valence-corrected chi connectivity index (χ4v) is 2.18. The zero-order valence-corrected chi connectivity index (χ0v) is 12.9. The Balaban J connectivity index is 3.10. The van der Waals surface area contributed by atoms with Crippen molar-refractivity contribution in [2.24, 2.45) is 0 Å². The van der Waals surface area contributed by atoms with Gasteiger partial charge in [0.1, 0.15) is 5.75 Å². The normalized spacial score (nSPS) is 14.5. The number of rotatable bonds is 5. The van der Waals surface area contributed by atoms with Crippen LogP contribution in [0.5, 0.6) is 5.75 Å². The first-order valence-corrected chi connectivity index (χ1v) is 8.09. The first-order chi connectivity index (χ1) is 8.55. The molecule has 1 aromatic carbocycles. The molecule has 1 unspecified atom stereocenters. The van der Waals surface area contributed by atoms with Crippen molar-refractivity contribution in [3.05, 3.63) is 29.8 Å². The van der Waals surface area contributed by atoms with Gasteiger partial charge in [-0.25, -0.2) is 8.42 Å². The predicted molar refractivity (Wildman–Crippen MR) is 76.1 cm³/mol. The molecule has 0 fully saturated rings. The molecule has 0 aliphatic heterocycles. The molecule has 19 heavy (non-hydrogen) atoms. The van der Waals surface area contributed by atoms with Crippen LogP contribution in [-0.4, -0.2) is 30.6 Å². The Bertz CT molecular complexity index is 532. The average Bonchev–Trinajstić information content (AvgIpc) is 2.25. The molecule has 108 valence electrons. The lowest BCUT2D eigenvalue weighted by atomic mass is 9.98. The van der Waals surface area contributed by atoms with Gasteiger partial charge in [0.2, 0.25) is 0 Å². The van der Waals surface area contributed by atoms with Gasteiger partial charge in [0.25, 0.3) is 0 Å². The minimum Gasteiger partial charge on any atom is -0.491 e. The summed E-state index contributed by atoms with van der Waals surface area (Å²) < 4.78 is 27.8. The summed E-state index contributed by atoms with van der Waals surface area (Å²) in [6.45, 7) is 6.85. The molecule has 1 atom stereocenters. The van der Waals surface area contributed by atoms with Gasteiger partial charge in [0.15, 0.2) is 9.84 Å². The topological polar surface area (TPSA) is 63.6 Å². The lowest BCUT2D eigenvalue weighted by Gasteiger charge is -2.29. The molecule has 0 saturated carbocycles. The van der Waals surface area contributed by atoms with Crippen molar-refractivity contribution in [2.45, 2.75) is 44.6 Å². The highest BCUT2D eigenvalue weighted by atomic mass is 32.2. The van der Waals surface area contributed by atoms with E-state index in [1.165, 1.54) is 13.8 Å². The molecule has 0 bridgehead atoms. The summed E-state index contributed by atoms with van der Waals surface area (Å²) >= 11 is 0. The van der Waals surface area contributed by atoms with Gasteiger partial charge >= 0.3 is 0 Å². The molecule has 4 nitrogen and oxygen atoms in total. The third-order valence-corrected chi connectivity index (χ3v) is 5.29. The summed E-state index contributed by atoms with van der Waals surface area (Å²) in [5.41, 5.74) is 0.536. The molecule has 0 spiro atoms. The van der Waals surface area contributed by atoms with E-state index in [1.54, 1.807) is 24.3 Å². The van der Waals surface area contributed by atoms with Crippen LogP contribution in [0.2, 0.25) is 0 Å². The smallest absolute Gasteiger partial charge is 0.155 e. The number of benzene rings is 1. The van der Waals surface area contributed by atoms with Gasteiger partial charge in [-0.15, -0.1) is 0 Å². The van der Waals surface area contributed by atoms with E-state index in [0.29, 0.717) is 11.3 Å². The molecule has 1 N–H and O–H groups in total. The van der Waals surface area contributed by atoms with Gasteiger partial charge in [0.05, 0.1) is 17.0 Å². The van der Waals surface area contributed by atoms with Gasteiger partial charge in [-0.2, -0.15) is 0 Å². The Labute approximate surface area is 115 Å². The van der Waals surface area contributed by atoms with Crippen LogP contribution in [0.15, 0.2) is 24.3 Å². The highest BCUT2D eigenvalue weighted by molar-refractivity contribution is 7.92. The molecule has 0 aromatic heterocycles.